The van der Waals surface area contributed by atoms with Crippen molar-refractivity contribution in [3.05, 3.63) is 60.2 Å². The van der Waals surface area contributed by atoms with E-state index in [1.54, 1.807) is 0 Å². The zero-order chi connectivity index (χ0) is 17.5. The summed E-state index contributed by atoms with van der Waals surface area (Å²) in [5, 5.41) is 5.38. The Labute approximate surface area is 146 Å². The van der Waals surface area contributed by atoms with Gasteiger partial charge in [0, 0.05) is 17.6 Å². The molecule has 3 aromatic rings. The third kappa shape index (κ3) is 3.18. The third-order valence-corrected chi connectivity index (χ3v) is 4.82. The number of hydrogen-bond acceptors (Lipinski definition) is 1. The molecule has 0 N–H and O–H groups in total. The summed E-state index contributed by atoms with van der Waals surface area (Å²) in [6.45, 7) is 14.8. The second kappa shape index (κ2) is 5.89. The number of benzene rings is 3. The molecule has 0 radical (unpaired) electrons. The van der Waals surface area contributed by atoms with Gasteiger partial charge in [-0.3, -0.25) is 4.90 Å². The van der Waals surface area contributed by atoms with Crippen molar-refractivity contribution in [2.24, 2.45) is 0 Å². The van der Waals surface area contributed by atoms with Gasteiger partial charge in [0.1, 0.15) is 0 Å². The maximum Gasteiger partial charge on any atom is 0.0250 e. The van der Waals surface area contributed by atoms with E-state index < -0.39 is 0 Å². The molecule has 0 saturated heterocycles. The fourth-order valence-electron chi connectivity index (χ4n) is 3.89. The molecule has 0 aliphatic carbocycles. The van der Waals surface area contributed by atoms with Gasteiger partial charge in [-0.15, -0.1) is 0 Å². The van der Waals surface area contributed by atoms with Gasteiger partial charge in [0.15, 0.2) is 0 Å². The molecule has 0 heterocycles. The molecule has 0 aliphatic rings. The van der Waals surface area contributed by atoms with Gasteiger partial charge in [-0.25, -0.2) is 0 Å². The molecule has 0 bridgehead atoms. The molecule has 0 fully saturated rings. The predicted octanol–water partition coefficient (Wildman–Crippen LogP) is 6.39. The van der Waals surface area contributed by atoms with E-state index in [1.165, 1.54) is 27.1 Å². The summed E-state index contributed by atoms with van der Waals surface area (Å²) in [4.78, 5) is 2.59. The second-order valence-corrected chi connectivity index (χ2v) is 8.73. The van der Waals surface area contributed by atoms with Gasteiger partial charge in [-0.05, 0) is 68.7 Å². The maximum atomic E-state index is 2.59. The largest absolute Gasteiger partial charge is 0.289 e. The van der Waals surface area contributed by atoms with Crippen LogP contribution in [0.15, 0.2) is 54.6 Å². The molecule has 3 rings (SSSR count). The highest BCUT2D eigenvalue weighted by Gasteiger charge is 2.31. The summed E-state index contributed by atoms with van der Waals surface area (Å²) < 4.78 is 0. The van der Waals surface area contributed by atoms with Crippen molar-refractivity contribution in [2.75, 3.05) is 0 Å². The Hall–Kier alpha value is -1.86. The van der Waals surface area contributed by atoms with E-state index in [0.29, 0.717) is 0 Å². The van der Waals surface area contributed by atoms with Crippen molar-refractivity contribution in [3.63, 3.8) is 0 Å². The van der Waals surface area contributed by atoms with E-state index in [-0.39, 0.29) is 11.1 Å². The Bertz CT molecular complexity index is 848. The van der Waals surface area contributed by atoms with Crippen molar-refractivity contribution in [3.8, 4) is 0 Å². The van der Waals surface area contributed by atoms with Gasteiger partial charge >= 0.3 is 0 Å². The Balaban J connectivity index is 2.15. The normalized spacial score (nSPS) is 13.1. The third-order valence-electron chi connectivity index (χ3n) is 4.82. The highest BCUT2D eigenvalue weighted by molar-refractivity contribution is 6.08. The summed E-state index contributed by atoms with van der Waals surface area (Å²) >= 11 is 0. The van der Waals surface area contributed by atoms with Crippen molar-refractivity contribution >= 4 is 21.5 Å². The minimum atomic E-state index is 0.122. The first-order valence-electron chi connectivity index (χ1n) is 8.85. The molecule has 3 aromatic carbocycles. The highest BCUT2D eigenvalue weighted by Crippen LogP contribution is 2.32. The standard InChI is InChI=1S/C23H29N/c1-22(2,3)24(23(4,5)6)16-18-11-9-13-21-19-12-8-7-10-17(19)14-15-20(18)21/h7-15H,16H2,1-6H3. The lowest BCUT2D eigenvalue weighted by Crippen LogP contribution is -2.51. The van der Waals surface area contributed by atoms with Crippen LogP contribution in [0.5, 0.6) is 0 Å². The topological polar surface area (TPSA) is 3.24 Å². The van der Waals surface area contributed by atoms with Crippen LogP contribution in [-0.4, -0.2) is 16.0 Å². The molecule has 0 aromatic heterocycles. The van der Waals surface area contributed by atoms with Crippen LogP contribution in [0, 0.1) is 0 Å². The smallest absolute Gasteiger partial charge is 0.0250 e. The van der Waals surface area contributed by atoms with E-state index >= 15 is 0 Å². The molecular weight excluding hydrogens is 290 g/mol. The van der Waals surface area contributed by atoms with Crippen molar-refractivity contribution in [1.82, 2.24) is 4.90 Å². The summed E-state index contributed by atoms with van der Waals surface area (Å²) in [7, 11) is 0. The van der Waals surface area contributed by atoms with Crippen LogP contribution in [0.3, 0.4) is 0 Å². The zero-order valence-electron chi connectivity index (χ0n) is 15.9. The lowest BCUT2D eigenvalue weighted by Gasteiger charge is -2.45. The Morgan fingerprint density at radius 2 is 1.25 bits per heavy atom. The van der Waals surface area contributed by atoms with E-state index in [4.69, 9.17) is 0 Å². The van der Waals surface area contributed by atoms with Gasteiger partial charge < -0.3 is 0 Å². The molecule has 0 amide bonds. The Morgan fingerprint density at radius 1 is 0.625 bits per heavy atom. The van der Waals surface area contributed by atoms with Crippen molar-refractivity contribution in [1.29, 1.82) is 0 Å². The molecule has 0 atom stereocenters. The first kappa shape index (κ1) is 17.0. The van der Waals surface area contributed by atoms with Crippen LogP contribution in [0.1, 0.15) is 47.1 Å². The molecule has 1 nitrogen and oxygen atoms in total. The SMILES string of the molecule is CC(C)(C)N(Cc1cccc2c1ccc1ccccc12)C(C)(C)C. The predicted molar refractivity (Wildman–Crippen MR) is 107 cm³/mol. The van der Waals surface area contributed by atoms with Gasteiger partial charge in [0.05, 0.1) is 0 Å². The van der Waals surface area contributed by atoms with Gasteiger partial charge in [0.2, 0.25) is 0 Å². The molecule has 1 heteroatoms. The summed E-state index contributed by atoms with van der Waals surface area (Å²) in [5.41, 5.74) is 1.65. The van der Waals surface area contributed by atoms with E-state index in [1.807, 2.05) is 0 Å². The number of nitrogens with zero attached hydrogens (tertiary/aromatic N) is 1. The second-order valence-electron chi connectivity index (χ2n) is 8.73. The number of rotatable bonds is 2. The number of fused-ring (bicyclic) bond motifs is 3. The quantitative estimate of drug-likeness (QED) is 0.494. The summed E-state index contributed by atoms with van der Waals surface area (Å²) in [6.07, 6.45) is 0. The molecular formula is C23H29N. The van der Waals surface area contributed by atoms with E-state index in [2.05, 4.69) is 101 Å². The molecule has 0 spiro atoms. The fourth-order valence-corrected chi connectivity index (χ4v) is 3.89. The van der Waals surface area contributed by atoms with Crippen LogP contribution < -0.4 is 0 Å². The molecule has 0 aliphatic heterocycles. The Kier molecular flexibility index (Phi) is 4.17. The van der Waals surface area contributed by atoms with E-state index in [0.717, 1.165) is 6.54 Å². The van der Waals surface area contributed by atoms with E-state index in [9.17, 15) is 0 Å². The fraction of sp³-hybridized carbons (Fsp3) is 0.391. The first-order chi connectivity index (χ1) is 11.2. The Morgan fingerprint density at radius 3 is 1.92 bits per heavy atom. The van der Waals surface area contributed by atoms with Crippen LogP contribution in [-0.2, 0) is 6.54 Å². The minimum Gasteiger partial charge on any atom is -0.289 e. The molecule has 0 saturated carbocycles. The maximum absolute atomic E-state index is 2.59. The number of hydrogen-bond donors (Lipinski definition) is 0. The minimum absolute atomic E-state index is 0.122. The van der Waals surface area contributed by atoms with Gasteiger partial charge in [-0.2, -0.15) is 0 Å². The zero-order valence-corrected chi connectivity index (χ0v) is 15.9. The summed E-state index contributed by atoms with van der Waals surface area (Å²) in [5.74, 6) is 0. The lowest BCUT2D eigenvalue weighted by molar-refractivity contribution is 0.0302. The average Bonchev–Trinajstić information content (AvgIpc) is 2.50. The van der Waals surface area contributed by atoms with Crippen LogP contribution >= 0.6 is 0 Å². The lowest BCUT2D eigenvalue weighted by atomic mass is 9.93. The average molecular weight is 319 g/mol. The first-order valence-corrected chi connectivity index (χ1v) is 8.85. The van der Waals surface area contributed by atoms with Crippen LogP contribution in [0.25, 0.3) is 21.5 Å². The monoisotopic (exact) mass is 319 g/mol. The van der Waals surface area contributed by atoms with Gasteiger partial charge in [-0.1, -0.05) is 54.6 Å². The molecule has 0 unspecified atom stereocenters. The van der Waals surface area contributed by atoms with Crippen LogP contribution in [0.4, 0.5) is 0 Å². The van der Waals surface area contributed by atoms with Crippen LogP contribution in [0.2, 0.25) is 0 Å². The van der Waals surface area contributed by atoms with Crippen molar-refractivity contribution < 1.29 is 0 Å². The van der Waals surface area contributed by atoms with Gasteiger partial charge in [0.25, 0.3) is 0 Å². The van der Waals surface area contributed by atoms with Crippen molar-refractivity contribution in [2.45, 2.75) is 59.2 Å². The highest BCUT2D eigenvalue weighted by atomic mass is 15.2. The molecule has 24 heavy (non-hydrogen) atoms. The molecule has 126 valence electrons. The summed E-state index contributed by atoms with van der Waals surface area (Å²) in [6, 6.07) is 19.9.